The van der Waals surface area contributed by atoms with Gasteiger partial charge in [0.1, 0.15) is 0 Å². The van der Waals surface area contributed by atoms with Crippen molar-refractivity contribution in [3.05, 3.63) is 28.9 Å². The Hall–Kier alpha value is -1.65. The second-order valence-corrected chi connectivity index (χ2v) is 3.37. The SMILES string of the molecule is O=C1CCC(Cn2ccncc2=O)N1. The molecule has 1 amide bonds. The molecule has 1 atom stereocenters. The van der Waals surface area contributed by atoms with E-state index in [2.05, 4.69) is 10.3 Å². The minimum atomic E-state index is -0.131. The van der Waals surface area contributed by atoms with Crippen LogP contribution in [0.25, 0.3) is 0 Å². The van der Waals surface area contributed by atoms with Gasteiger partial charge in [-0.25, -0.2) is 0 Å². The summed E-state index contributed by atoms with van der Waals surface area (Å²) in [5.74, 6) is 0.0668. The van der Waals surface area contributed by atoms with Gasteiger partial charge < -0.3 is 9.88 Å². The smallest absolute Gasteiger partial charge is 0.269 e. The molecule has 1 N–H and O–H groups in total. The third-order valence-corrected chi connectivity index (χ3v) is 2.30. The largest absolute Gasteiger partial charge is 0.352 e. The van der Waals surface area contributed by atoms with Crippen LogP contribution in [0, 0.1) is 0 Å². The molecule has 1 aliphatic rings. The first-order chi connectivity index (χ1) is 6.75. The second-order valence-electron chi connectivity index (χ2n) is 3.37. The molecule has 1 aromatic rings. The van der Waals surface area contributed by atoms with Crippen molar-refractivity contribution in [2.24, 2.45) is 0 Å². The van der Waals surface area contributed by atoms with Gasteiger partial charge in [-0.05, 0) is 6.42 Å². The van der Waals surface area contributed by atoms with Gasteiger partial charge in [-0.3, -0.25) is 14.6 Å². The van der Waals surface area contributed by atoms with Gasteiger partial charge in [0.15, 0.2) is 0 Å². The zero-order valence-electron chi connectivity index (χ0n) is 7.64. The fraction of sp³-hybridized carbons (Fsp3) is 0.444. The van der Waals surface area contributed by atoms with Crippen LogP contribution in [0.15, 0.2) is 23.4 Å². The number of hydrogen-bond acceptors (Lipinski definition) is 3. The van der Waals surface area contributed by atoms with Crippen molar-refractivity contribution in [2.45, 2.75) is 25.4 Å². The first-order valence-electron chi connectivity index (χ1n) is 4.55. The molecule has 0 saturated carbocycles. The number of hydrogen-bond donors (Lipinski definition) is 1. The standard InChI is InChI=1S/C9H11N3O2/c13-8-2-1-7(11-8)6-12-4-3-10-5-9(12)14/h3-5,7H,1-2,6H2,(H,11,13). The van der Waals surface area contributed by atoms with E-state index in [4.69, 9.17) is 0 Å². The molecule has 0 spiro atoms. The van der Waals surface area contributed by atoms with Crippen LogP contribution in [0.3, 0.4) is 0 Å². The number of carbonyl (C=O) groups is 1. The minimum absolute atomic E-state index is 0.0668. The predicted molar refractivity (Wildman–Crippen MR) is 49.7 cm³/mol. The molecule has 5 heteroatoms. The number of carbonyl (C=O) groups excluding carboxylic acids is 1. The van der Waals surface area contributed by atoms with E-state index >= 15 is 0 Å². The van der Waals surface area contributed by atoms with Crippen molar-refractivity contribution in [1.82, 2.24) is 14.9 Å². The number of amides is 1. The molecule has 1 saturated heterocycles. The summed E-state index contributed by atoms with van der Waals surface area (Å²) < 4.78 is 1.56. The van der Waals surface area contributed by atoms with Crippen molar-refractivity contribution in [2.75, 3.05) is 0 Å². The average molecular weight is 193 g/mol. The van der Waals surface area contributed by atoms with Crippen LogP contribution in [0.4, 0.5) is 0 Å². The molecule has 2 heterocycles. The molecule has 74 valence electrons. The molecule has 1 fully saturated rings. The summed E-state index contributed by atoms with van der Waals surface area (Å²) in [5.41, 5.74) is -0.131. The van der Waals surface area contributed by atoms with Gasteiger partial charge in [0, 0.05) is 31.4 Å². The van der Waals surface area contributed by atoms with E-state index in [-0.39, 0.29) is 17.5 Å². The van der Waals surface area contributed by atoms with Crippen LogP contribution in [-0.4, -0.2) is 21.5 Å². The van der Waals surface area contributed by atoms with Gasteiger partial charge in [-0.2, -0.15) is 0 Å². The molecule has 0 radical (unpaired) electrons. The normalized spacial score (nSPS) is 20.9. The summed E-state index contributed by atoms with van der Waals surface area (Å²) >= 11 is 0. The average Bonchev–Trinajstić information content (AvgIpc) is 2.56. The minimum Gasteiger partial charge on any atom is -0.352 e. The lowest BCUT2D eigenvalue weighted by molar-refractivity contribution is -0.119. The molecule has 2 rings (SSSR count). The number of rotatable bonds is 2. The maximum absolute atomic E-state index is 11.3. The van der Waals surface area contributed by atoms with Gasteiger partial charge in [-0.1, -0.05) is 0 Å². The van der Waals surface area contributed by atoms with Crippen LogP contribution in [0.1, 0.15) is 12.8 Å². The Bertz CT molecular complexity index is 399. The summed E-state index contributed by atoms with van der Waals surface area (Å²) in [7, 11) is 0. The van der Waals surface area contributed by atoms with Crippen molar-refractivity contribution in [3.8, 4) is 0 Å². The molecular formula is C9H11N3O2. The highest BCUT2D eigenvalue weighted by molar-refractivity contribution is 5.78. The van der Waals surface area contributed by atoms with Crippen LogP contribution < -0.4 is 10.9 Å². The summed E-state index contributed by atoms with van der Waals surface area (Å²) in [6.07, 6.45) is 5.83. The van der Waals surface area contributed by atoms with E-state index in [1.165, 1.54) is 6.20 Å². The van der Waals surface area contributed by atoms with Crippen molar-refractivity contribution in [3.63, 3.8) is 0 Å². The third-order valence-electron chi connectivity index (χ3n) is 2.30. The monoisotopic (exact) mass is 193 g/mol. The first kappa shape index (κ1) is 8.93. The Labute approximate surface area is 80.8 Å². The summed E-state index contributed by atoms with van der Waals surface area (Å²) in [6, 6.07) is 0.0857. The van der Waals surface area contributed by atoms with Crippen LogP contribution in [0.2, 0.25) is 0 Å². The van der Waals surface area contributed by atoms with E-state index < -0.39 is 0 Å². The van der Waals surface area contributed by atoms with Crippen LogP contribution in [0.5, 0.6) is 0 Å². The highest BCUT2D eigenvalue weighted by atomic mass is 16.2. The Kier molecular flexibility index (Phi) is 2.30. The van der Waals surface area contributed by atoms with Crippen LogP contribution in [-0.2, 0) is 11.3 Å². The van der Waals surface area contributed by atoms with E-state index in [1.54, 1.807) is 17.0 Å². The fourth-order valence-corrected chi connectivity index (χ4v) is 1.58. The number of aromatic nitrogens is 2. The lowest BCUT2D eigenvalue weighted by atomic mass is 10.2. The molecule has 1 aromatic heterocycles. The molecule has 1 unspecified atom stereocenters. The molecule has 1 aliphatic heterocycles. The highest BCUT2D eigenvalue weighted by Crippen LogP contribution is 2.07. The van der Waals surface area contributed by atoms with Gasteiger partial charge in [0.25, 0.3) is 5.56 Å². The lowest BCUT2D eigenvalue weighted by Gasteiger charge is -2.10. The fourth-order valence-electron chi connectivity index (χ4n) is 1.58. The molecule has 14 heavy (non-hydrogen) atoms. The van der Waals surface area contributed by atoms with Gasteiger partial charge >= 0.3 is 0 Å². The Morgan fingerprint density at radius 1 is 1.57 bits per heavy atom. The molecule has 0 bridgehead atoms. The topological polar surface area (TPSA) is 64.0 Å². The highest BCUT2D eigenvalue weighted by Gasteiger charge is 2.20. The van der Waals surface area contributed by atoms with Crippen molar-refractivity contribution in [1.29, 1.82) is 0 Å². The Morgan fingerprint density at radius 2 is 2.43 bits per heavy atom. The zero-order chi connectivity index (χ0) is 9.97. The molecule has 0 aromatic carbocycles. The van der Waals surface area contributed by atoms with E-state index in [0.29, 0.717) is 13.0 Å². The first-order valence-corrected chi connectivity index (χ1v) is 4.55. The summed E-state index contributed by atoms with van der Waals surface area (Å²) in [5, 5.41) is 2.81. The summed E-state index contributed by atoms with van der Waals surface area (Å²) in [4.78, 5) is 25.9. The van der Waals surface area contributed by atoms with Crippen LogP contribution >= 0.6 is 0 Å². The zero-order valence-corrected chi connectivity index (χ0v) is 7.64. The van der Waals surface area contributed by atoms with Gasteiger partial charge in [-0.15, -0.1) is 0 Å². The van der Waals surface area contributed by atoms with E-state index in [0.717, 1.165) is 6.42 Å². The Morgan fingerprint density at radius 3 is 3.07 bits per heavy atom. The predicted octanol–water partition coefficient (Wildman–Crippen LogP) is -0.478. The van der Waals surface area contributed by atoms with Gasteiger partial charge in [0.05, 0.1) is 6.20 Å². The van der Waals surface area contributed by atoms with E-state index in [1.807, 2.05) is 0 Å². The quantitative estimate of drug-likeness (QED) is 0.690. The van der Waals surface area contributed by atoms with Crippen molar-refractivity contribution >= 4 is 5.91 Å². The lowest BCUT2D eigenvalue weighted by Crippen LogP contribution is -2.33. The number of nitrogens with one attached hydrogen (secondary N) is 1. The maximum atomic E-state index is 11.3. The van der Waals surface area contributed by atoms with Crippen molar-refractivity contribution < 1.29 is 4.79 Å². The van der Waals surface area contributed by atoms with E-state index in [9.17, 15) is 9.59 Å². The molecular weight excluding hydrogens is 182 g/mol. The molecule has 0 aliphatic carbocycles. The maximum Gasteiger partial charge on any atom is 0.269 e. The van der Waals surface area contributed by atoms with Gasteiger partial charge in [0.2, 0.25) is 5.91 Å². The Balaban J connectivity index is 2.08. The number of nitrogens with zero attached hydrogens (tertiary/aromatic N) is 2. The second kappa shape index (κ2) is 3.61. The molecule has 5 nitrogen and oxygen atoms in total. The summed E-state index contributed by atoms with van der Waals surface area (Å²) in [6.45, 7) is 0.535. The third kappa shape index (κ3) is 1.81.